The number of carbonyl (C=O) groups excluding carboxylic acids is 2. The van der Waals surface area contributed by atoms with Gasteiger partial charge in [-0.05, 0) is 71.6 Å². The molecule has 202 valence electrons. The van der Waals surface area contributed by atoms with Crippen LogP contribution in [0.25, 0.3) is 5.76 Å². The molecule has 1 saturated heterocycles. The molecular weight excluding hydrogens is 504 g/mol. The van der Waals surface area contributed by atoms with Crippen LogP contribution in [0.4, 0.5) is 0 Å². The summed E-state index contributed by atoms with van der Waals surface area (Å²) in [5.41, 5.74) is 2.94. The second-order valence-corrected chi connectivity index (χ2v) is 9.50. The summed E-state index contributed by atoms with van der Waals surface area (Å²) in [6.45, 7) is 3.14. The number of ketones is 1. The van der Waals surface area contributed by atoms with Gasteiger partial charge >= 0.3 is 0 Å². The lowest BCUT2D eigenvalue weighted by molar-refractivity contribution is -0.140. The average Bonchev–Trinajstić information content (AvgIpc) is 3.25. The van der Waals surface area contributed by atoms with E-state index in [1.165, 1.54) is 4.90 Å². The first kappa shape index (κ1) is 26.7. The standard InChI is InChI=1S/C33H30N2O5/c1-2-19-39-27-13-11-25(12-14-27)31(36)29-30(35(33(38)32(29)37)21-23-15-17-34-18-16-23)26-9-6-10-28(20-26)40-22-24-7-4-3-5-8-24/h3-18,20,30,36H,2,19,21-22H2,1H3/b31-29+. The van der Waals surface area contributed by atoms with E-state index >= 15 is 0 Å². The van der Waals surface area contributed by atoms with Crippen LogP contribution in [-0.4, -0.2) is 33.3 Å². The van der Waals surface area contributed by atoms with Crippen LogP contribution in [0.5, 0.6) is 11.5 Å². The van der Waals surface area contributed by atoms with Crippen LogP contribution in [0, 0.1) is 0 Å². The molecule has 1 aromatic heterocycles. The minimum absolute atomic E-state index is 0.0292. The van der Waals surface area contributed by atoms with E-state index in [0.717, 1.165) is 17.5 Å². The number of hydrogen-bond donors (Lipinski definition) is 1. The fraction of sp³-hybridized carbons (Fsp3) is 0.182. The van der Waals surface area contributed by atoms with Gasteiger partial charge in [0.2, 0.25) is 0 Å². The molecule has 0 spiro atoms. The molecule has 0 bridgehead atoms. The van der Waals surface area contributed by atoms with Crippen molar-refractivity contribution in [2.45, 2.75) is 32.5 Å². The Bertz CT molecular complexity index is 1500. The van der Waals surface area contributed by atoms with Crippen molar-refractivity contribution in [3.63, 3.8) is 0 Å². The molecule has 1 aliphatic rings. The number of nitrogens with zero attached hydrogens (tertiary/aromatic N) is 2. The number of benzene rings is 3. The lowest BCUT2D eigenvalue weighted by atomic mass is 9.95. The number of hydrogen-bond acceptors (Lipinski definition) is 6. The molecule has 1 amide bonds. The van der Waals surface area contributed by atoms with Crippen molar-refractivity contribution in [1.29, 1.82) is 0 Å². The molecule has 3 aromatic carbocycles. The number of aliphatic hydroxyl groups is 1. The maximum absolute atomic E-state index is 13.4. The number of Topliss-reactive ketones (excluding diaryl/α,β-unsaturated/α-hetero) is 1. The van der Waals surface area contributed by atoms with Gasteiger partial charge in [-0.15, -0.1) is 0 Å². The van der Waals surface area contributed by atoms with Crippen molar-refractivity contribution in [3.8, 4) is 11.5 Å². The Balaban J connectivity index is 1.53. The van der Waals surface area contributed by atoms with Crippen LogP contribution in [0.3, 0.4) is 0 Å². The Labute approximate surface area is 233 Å². The number of rotatable bonds is 10. The van der Waals surface area contributed by atoms with Gasteiger partial charge in [-0.3, -0.25) is 14.6 Å². The minimum atomic E-state index is -0.815. The third-order valence-electron chi connectivity index (χ3n) is 6.66. The number of aliphatic hydroxyl groups excluding tert-OH is 1. The van der Waals surface area contributed by atoms with Crippen LogP contribution in [-0.2, 0) is 22.7 Å². The predicted octanol–water partition coefficient (Wildman–Crippen LogP) is 6.07. The van der Waals surface area contributed by atoms with Gasteiger partial charge in [-0.1, -0.05) is 49.4 Å². The largest absolute Gasteiger partial charge is 0.507 e. The monoisotopic (exact) mass is 534 g/mol. The SMILES string of the molecule is CCCOc1ccc(/C(O)=C2\C(=O)C(=O)N(Cc3ccncc3)C2c2cccc(OCc3ccccc3)c2)cc1. The zero-order valence-corrected chi connectivity index (χ0v) is 22.2. The number of likely N-dealkylation sites (tertiary alicyclic amines) is 1. The highest BCUT2D eigenvalue weighted by Crippen LogP contribution is 2.41. The molecule has 1 aliphatic heterocycles. The van der Waals surface area contributed by atoms with Gasteiger partial charge in [0.05, 0.1) is 18.2 Å². The third-order valence-corrected chi connectivity index (χ3v) is 6.66. The third kappa shape index (κ3) is 5.89. The van der Waals surface area contributed by atoms with Crippen molar-refractivity contribution < 1.29 is 24.2 Å². The van der Waals surface area contributed by atoms with E-state index in [9.17, 15) is 14.7 Å². The van der Waals surface area contributed by atoms with E-state index in [0.29, 0.717) is 35.8 Å². The van der Waals surface area contributed by atoms with Gasteiger partial charge in [0.15, 0.2) is 0 Å². The van der Waals surface area contributed by atoms with E-state index in [1.54, 1.807) is 48.8 Å². The maximum Gasteiger partial charge on any atom is 0.295 e. The molecule has 1 N–H and O–H groups in total. The normalized spacial score (nSPS) is 16.2. The molecule has 1 unspecified atom stereocenters. The zero-order valence-electron chi connectivity index (χ0n) is 22.2. The van der Waals surface area contributed by atoms with Crippen LogP contribution in [0.2, 0.25) is 0 Å². The molecule has 0 aliphatic carbocycles. The Morgan fingerprint density at radius 3 is 2.33 bits per heavy atom. The van der Waals surface area contributed by atoms with Gasteiger partial charge in [0, 0.05) is 24.5 Å². The van der Waals surface area contributed by atoms with Crippen molar-refractivity contribution >= 4 is 17.4 Å². The van der Waals surface area contributed by atoms with Crippen molar-refractivity contribution in [3.05, 3.63) is 131 Å². The molecule has 2 heterocycles. The summed E-state index contributed by atoms with van der Waals surface area (Å²) in [7, 11) is 0. The second kappa shape index (κ2) is 12.3. The molecule has 7 heteroatoms. The van der Waals surface area contributed by atoms with Crippen molar-refractivity contribution in [2.75, 3.05) is 6.61 Å². The van der Waals surface area contributed by atoms with E-state index in [-0.39, 0.29) is 17.9 Å². The molecule has 0 saturated carbocycles. The Kier molecular flexibility index (Phi) is 8.21. The maximum atomic E-state index is 13.4. The minimum Gasteiger partial charge on any atom is -0.507 e. The van der Waals surface area contributed by atoms with Gasteiger partial charge < -0.3 is 19.5 Å². The first-order chi connectivity index (χ1) is 19.5. The second-order valence-electron chi connectivity index (χ2n) is 9.50. The average molecular weight is 535 g/mol. The van der Waals surface area contributed by atoms with Crippen molar-refractivity contribution in [1.82, 2.24) is 9.88 Å². The van der Waals surface area contributed by atoms with E-state index in [4.69, 9.17) is 9.47 Å². The Morgan fingerprint density at radius 1 is 0.850 bits per heavy atom. The number of pyridine rings is 1. The lowest BCUT2D eigenvalue weighted by Gasteiger charge is -2.26. The molecular formula is C33H30N2O5. The van der Waals surface area contributed by atoms with Crippen LogP contribution in [0.1, 0.15) is 41.6 Å². The summed E-state index contributed by atoms with van der Waals surface area (Å²) in [5, 5.41) is 11.4. The van der Waals surface area contributed by atoms with E-state index in [2.05, 4.69) is 4.98 Å². The van der Waals surface area contributed by atoms with Gasteiger partial charge in [0.1, 0.15) is 23.9 Å². The molecule has 5 rings (SSSR count). The predicted molar refractivity (Wildman–Crippen MR) is 152 cm³/mol. The molecule has 4 aromatic rings. The highest BCUT2D eigenvalue weighted by atomic mass is 16.5. The molecule has 1 fully saturated rings. The van der Waals surface area contributed by atoms with Crippen molar-refractivity contribution in [2.24, 2.45) is 0 Å². The first-order valence-corrected chi connectivity index (χ1v) is 13.2. The highest BCUT2D eigenvalue weighted by Gasteiger charge is 2.46. The lowest BCUT2D eigenvalue weighted by Crippen LogP contribution is -2.29. The fourth-order valence-electron chi connectivity index (χ4n) is 4.67. The number of ether oxygens (including phenoxy) is 2. The topological polar surface area (TPSA) is 89.0 Å². The molecule has 0 radical (unpaired) electrons. The zero-order chi connectivity index (χ0) is 27.9. The van der Waals surface area contributed by atoms with E-state index in [1.807, 2.05) is 61.5 Å². The quantitative estimate of drug-likeness (QED) is 0.151. The summed E-state index contributed by atoms with van der Waals surface area (Å²) in [6.07, 6.45) is 4.15. The van der Waals surface area contributed by atoms with Crippen LogP contribution < -0.4 is 9.47 Å². The first-order valence-electron chi connectivity index (χ1n) is 13.2. The highest BCUT2D eigenvalue weighted by molar-refractivity contribution is 6.46. The molecule has 40 heavy (non-hydrogen) atoms. The fourth-order valence-corrected chi connectivity index (χ4v) is 4.67. The number of aromatic nitrogens is 1. The summed E-state index contributed by atoms with van der Waals surface area (Å²) in [6, 6.07) is 26.7. The van der Waals surface area contributed by atoms with Crippen LogP contribution in [0.15, 0.2) is 109 Å². The van der Waals surface area contributed by atoms with Gasteiger partial charge in [0.25, 0.3) is 11.7 Å². The Morgan fingerprint density at radius 2 is 1.60 bits per heavy atom. The van der Waals surface area contributed by atoms with Gasteiger partial charge in [-0.25, -0.2) is 0 Å². The number of carbonyl (C=O) groups is 2. The smallest absolute Gasteiger partial charge is 0.295 e. The van der Waals surface area contributed by atoms with Gasteiger partial charge in [-0.2, -0.15) is 0 Å². The molecule has 1 atom stereocenters. The summed E-state index contributed by atoms with van der Waals surface area (Å²) >= 11 is 0. The summed E-state index contributed by atoms with van der Waals surface area (Å²) < 4.78 is 11.7. The van der Waals surface area contributed by atoms with Crippen LogP contribution >= 0.6 is 0 Å². The molecule has 7 nitrogen and oxygen atoms in total. The summed E-state index contributed by atoms with van der Waals surface area (Å²) in [4.78, 5) is 32.3. The summed E-state index contributed by atoms with van der Waals surface area (Å²) in [5.74, 6) is -0.400. The Hall–Kier alpha value is -4.91. The number of amides is 1. The van der Waals surface area contributed by atoms with E-state index < -0.39 is 17.7 Å².